The highest BCUT2D eigenvalue weighted by molar-refractivity contribution is 7.99. The fourth-order valence-electron chi connectivity index (χ4n) is 3.77. The third-order valence-electron chi connectivity index (χ3n) is 5.22. The largest absolute Gasteiger partial charge is 0.328 e. The first kappa shape index (κ1) is 18.3. The number of carbonyl (C=O) groups excluding carboxylic acids is 1. The zero-order chi connectivity index (χ0) is 18.8. The highest BCUT2D eigenvalue weighted by Crippen LogP contribution is 2.40. The Morgan fingerprint density at radius 3 is 2.81 bits per heavy atom. The number of allylic oxidation sites excluding steroid dienone is 2. The molecule has 0 saturated carbocycles. The molecule has 0 bridgehead atoms. The van der Waals surface area contributed by atoms with Gasteiger partial charge in [0.15, 0.2) is 5.78 Å². The number of aryl methyl sites for hydroxylation is 1. The lowest BCUT2D eigenvalue weighted by Gasteiger charge is -2.32. The number of fused-ring (bicyclic) bond motifs is 1. The van der Waals surface area contributed by atoms with Gasteiger partial charge in [-0.15, -0.1) is 5.10 Å². The van der Waals surface area contributed by atoms with Crippen LogP contribution in [0.15, 0.2) is 40.7 Å². The molecule has 1 aromatic heterocycles. The zero-order valence-corrected chi connectivity index (χ0v) is 16.8. The van der Waals surface area contributed by atoms with Gasteiger partial charge in [-0.1, -0.05) is 61.4 Å². The number of ketones is 1. The second-order valence-electron chi connectivity index (χ2n) is 7.33. The minimum absolute atomic E-state index is 0.179. The highest BCUT2D eigenvalue weighted by Gasteiger charge is 2.36. The van der Waals surface area contributed by atoms with E-state index in [0.29, 0.717) is 6.42 Å². The van der Waals surface area contributed by atoms with Gasteiger partial charge in [0.25, 0.3) is 0 Å². The van der Waals surface area contributed by atoms with Gasteiger partial charge >= 0.3 is 0 Å². The Bertz CT molecular complexity index is 869. The molecule has 1 N–H and O–H groups in total. The van der Waals surface area contributed by atoms with Crippen LogP contribution in [-0.2, 0) is 4.79 Å². The molecule has 0 radical (unpaired) electrons. The lowest BCUT2D eigenvalue weighted by atomic mass is 9.85. The maximum Gasteiger partial charge on any atom is 0.227 e. The average Bonchev–Trinajstić information content (AvgIpc) is 3.07. The normalized spacial score (nSPS) is 18.9. The Balaban J connectivity index is 1.70. The van der Waals surface area contributed by atoms with E-state index in [1.165, 1.54) is 24.8 Å². The molecule has 0 unspecified atom stereocenters. The first-order valence-corrected chi connectivity index (χ1v) is 10.8. The molecule has 0 saturated heterocycles. The molecule has 5 nitrogen and oxygen atoms in total. The van der Waals surface area contributed by atoms with Crippen LogP contribution in [0.3, 0.4) is 0 Å². The minimum Gasteiger partial charge on any atom is -0.328 e. The van der Waals surface area contributed by atoms with Crippen molar-refractivity contribution >= 4 is 23.5 Å². The maximum atomic E-state index is 12.8. The van der Waals surface area contributed by atoms with Crippen molar-refractivity contribution in [2.75, 3.05) is 11.1 Å². The molecule has 2 aromatic rings. The van der Waals surface area contributed by atoms with Gasteiger partial charge < -0.3 is 5.32 Å². The van der Waals surface area contributed by atoms with Gasteiger partial charge in [-0.3, -0.25) is 4.79 Å². The summed E-state index contributed by atoms with van der Waals surface area (Å²) in [7, 11) is 0. The number of unbranched alkanes of at least 4 members (excludes halogenated alkanes) is 2. The molecule has 0 spiro atoms. The number of aromatic nitrogens is 3. The number of hydrogen-bond donors (Lipinski definition) is 1. The van der Waals surface area contributed by atoms with Crippen molar-refractivity contribution in [2.45, 2.75) is 63.6 Å². The van der Waals surface area contributed by atoms with E-state index in [1.54, 1.807) is 11.8 Å². The van der Waals surface area contributed by atoms with Crippen molar-refractivity contribution in [1.82, 2.24) is 14.8 Å². The van der Waals surface area contributed by atoms with Gasteiger partial charge in [-0.25, -0.2) is 4.68 Å². The molecule has 1 aromatic carbocycles. The first-order chi connectivity index (χ1) is 13.2. The van der Waals surface area contributed by atoms with Crippen LogP contribution in [0.5, 0.6) is 0 Å². The van der Waals surface area contributed by atoms with E-state index in [-0.39, 0.29) is 11.8 Å². The van der Waals surface area contributed by atoms with Crippen molar-refractivity contribution in [3.8, 4) is 0 Å². The summed E-state index contributed by atoms with van der Waals surface area (Å²) in [6, 6.07) is 8.24. The fraction of sp³-hybridized carbons (Fsp3) is 0.476. The number of Topliss-reactive ketones (excluding diaryl/α,β-unsaturated/α-hetero) is 1. The van der Waals surface area contributed by atoms with E-state index in [1.807, 2.05) is 4.68 Å². The predicted molar refractivity (Wildman–Crippen MR) is 109 cm³/mol. The summed E-state index contributed by atoms with van der Waals surface area (Å²) in [6.45, 7) is 4.29. The van der Waals surface area contributed by atoms with Gasteiger partial charge in [0.2, 0.25) is 11.1 Å². The van der Waals surface area contributed by atoms with Crippen LogP contribution in [0.2, 0.25) is 0 Å². The topological polar surface area (TPSA) is 59.8 Å². The molecule has 1 aliphatic heterocycles. The molecule has 0 fully saturated rings. The zero-order valence-electron chi connectivity index (χ0n) is 16.0. The van der Waals surface area contributed by atoms with Crippen molar-refractivity contribution in [3.05, 3.63) is 46.7 Å². The number of thioether (sulfide) groups is 1. The van der Waals surface area contributed by atoms with E-state index < -0.39 is 0 Å². The molecular weight excluding hydrogens is 356 g/mol. The van der Waals surface area contributed by atoms with Crippen LogP contribution in [0.4, 0.5) is 5.95 Å². The predicted octanol–water partition coefficient (Wildman–Crippen LogP) is 4.89. The highest BCUT2D eigenvalue weighted by atomic mass is 32.2. The molecule has 1 atom stereocenters. The molecule has 2 aliphatic rings. The van der Waals surface area contributed by atoms with E-state index in [4.69, 9.17) is 10.1 Å². The SMILES string of the molecule is CCCCCSc1nc2n(n1)[C@@H](c1ccc(C)cc1)C1=C(CCCC1=O)N2. The summed E-state index contributed by atoms with van der Waals surface area (Å²) < 4.78 is 1.91. The second-order valence-corrected chi connectivity index (χ2v) is 8.39. The molecule has 1 aliphatic carbocycles. The van der Waals surface area contributed by atoms with Crippen molar-refractivity contribution in [3.63, 3.8) is 0 Å². The quantitative estimate of drug-likeness (QED) is 0.569. The van der Waals surface area contributed by atoms with Gasteiger partial charge in [-0.05, 0) is 31.7 Å². The Hall–Kier alpha value is -2.08. The molecule has 4 rings (SSSR count). The molecule has 6 heteroatoms. The first-order valence-electron chi connectivity index (χ1n) is 9.86. The number of hydrogen-bond acceptors (Lipinski definition) is 5. The molecule has 2 heterocycles. The van der Waals surface area contributed by atoms with Gasteiger partial charge in [0.1, 0.15) is 6.04 Å². The third-order valence-corrected chi connectivity index (χ3v) is 6.14. The summed E-state index contributed by atoms with van der Waals surface area (Å²) in [4.78, 5) is 17.5. The van der Waals surface area contributed by atoms with E-state index in [9.17, 15) is 4.79 Å². The molecular formula is C21H26N4OS. The average molecular weight is 383 g/mol. The van der Waals surface area contributed by atoms with Crippen LogP contribution in [0, 0.1) is 6.92 Å². The smallest absolute Gasteiger partial charge is 0.227 e. The lowest BCUT2D eigenvalue weighted by molar-refractivity contribution is -0.116. The van der Waals surface area contributed by atoms with E-state index in [2.05, 4.69) is 43.4 Å². The van der Waals surface area contributed by atoms with Crippen molar-refractivity contribution in [1.29, 1.82) is 0 Å². The Labute approximate surface area is 164 Å². The maximum absolute atomic E-state index is 12.8. The van der Waals surface area contributed by atoms with E-state index >= 15 is 0 Å². The van der Waals surface area contributed by atoms with E-state index in [0.717, 1.165) is 46.5 Å². The van der Waals surface area contributed by atoms with Crippen molar-refractivity contribution in [2.24, 2.45) is 0 Å². The number of benzene rings is 1. The minimum atomic E-state index is -0.179. The number of nitrogens with one attached hydrogen (secondary N) is 1. The summed E-state index contributed by atoms with van der Waals surface area (Å²) in [5.41, 5.74) is 4.20. The van der Waals surface area contributed by atoms with Gasteiger partial charge in [-0.2, -0.15) is 4.98 Å². The summed E-state index contributed by atoms with van der Waals surface area (Å²) in [6.07, 6.45) is 6.03. The second kappa shape index (κ2) is 7.89. The van der Waals surface area contributed by atoms with Crippen molar-refractivity contribution < 1.29 is 4.79 Å². The summed E-state index contributed by atoms with van der Waals surface area (Å²) >= 11 is 1.70. The van der Waals surface area contributed by atoms with Crippen LogP contribution in [0.1, 0.15) is 62.6 Å². The Morgan fingerprint density at radius 2 is 2.04 bits per heavy atom. The van der Waals surface area contributed by atoms with Gasteiger partial charge in [0.05, 0.1) is 0 Å². The van der Waals surface area contributed by atoms with Crippen LogP contribution >= 0.6 is 11.8 Å². The summed E-state index contributed by atoms with van der Waals surface area (Å²) in [5, 5.41) is 8.96. The number of nitrogens with zero attached hydrogens (tertiary/aromatic N) is 3. The van der Waals surface area contributed by atoms with Crippen LogP contribution < -0.4 is 5.32 Å². The fourth-order valence-corrected chi connectivity index (χ4v) is 4.60. The third kappa shape index (κ3) is 3.68. The molecule has 142 valence electrons. The number of anilines is 1. The molecule has 0 amide bonds. The lowest BCUT2D eigenvalue weighted by Crippen LogP contribution is -2.31. The Morgan fingerprint density at radius 1 is 1.22 bits per heavy atom. The number of rotatable bonds is 6. The standard InChI is InChI=1S/C21H26N4OS/c1-3-4-5-13-27-21-23-20-22-16-7-6-8-17(26)18(16)19(25(20)24-21)15-11-9-14(2)10-12-15/h9-12,19H,3-8,13H2,1-2H3,(H,22,23,24)/t19-/m0/s1. The summed E-state index contributed by atoms with van der Waals surface area (Å²) in [5.74, 6) is 2.01. The number of carbonyl (C=O) groups is 1. The van der Waals surface area contributed by atoms with Crippen LogP contribution in [-0.4, -0.2) is 26.3 Å². The monoisotopic (exact) mass is 382 g/mol. The molecule has 27 heavy (non-hydrogen) atoms. The van der Waals surface area contributed by atoms with Crippen LogP contribution in [0.25, 0.3) is 0 Å². The van der Waals surface area contributed by atoms with Gasteiger partial charge in [0, 0.05) is 23.4 Å². The Kier molecular flexibility index (Phi) is 5.34.